The van der Waals surface area contributed by atoms with Crippen LogP contribution in [0.1, 0.15) is 50.3 Å². The lowest BCUT2D eigenvalue weighted by molar-refractivity contribution is 0.203. The van der Waals surface area contributed by atoms with Crippen LogP contribution >= 0.6 is 23.2 Å². The van der Waals surface area contributed by atoms with Crippen molar-refractivity contribution in [1.29, 1.82) is 0 Å². The van der Waals surface area contributed by atoms with Gasteiger partial charge in [-0.2, -0.15) is 0 Å². The van der Waals surface area contributed by atoms with Crippen molar-refractivity contribution in [3.05, 3.63) is 69.7 Å². The summed E-state index contributed by atoms with van der Waals surface area (Å²) in [4.78, 5) is 14.5. The fraction of sp³-hybridized carbons (Fsp3) is 0.435. The van der Waals surface area contributed by atoms with Gasteiger partial charge >= 0.3 is 6.03 Å². The molecule has 29 heavy (non-hydrogen) atoms. The van der Waals surface area contributed by atoms with Gasteiger partial charge in [-0.25, -0.2) is 4.79 Å². The van der Waals surface area contributed by atoms with Crippen LogP contribution in [-0.4, -0.2) is 30.6 Å². The van der Waals surface area contributed by atoms with Crippen molar-refractivity contribution < 1.29 is 4.79 Å². The second-order valence-corrected chi connectivity index (χ2v) is 8.02. The molecule has 0 aliphatic heterocycles. The first kappa shape index (κ1) is 23.5. The molecule has 0 radical (unpaired) electrons. The van der Waals surface area contributed by atoms with Crippen molar-refractivity contribution in [2.45, 2.75) is 45.7 Å². The van der Waals surface area contributed by atoms with E-state index in [1.165, 1.54) is 5.56 Å². The molecule has 0 aliphatic carbocycles. The third-order valence-corrected chi connectivity index (χ3v) is 5.62. The van der Waals surface area contributed by atoms with Crippen LogP contribution in [0.3, 0.4) is 0 Å². The van der Waals surface area contributed by atoms with Gasteiger partial charge in [-0.05, 0) is 55.6 Å². The van der Waals surface area contributed by atoms with E-state index in [-0.39, 0.29) is 6.03 Å². The summed E-state index contributed by atoms with van der Waals surface area (Å²) < 4.78 is 0. The Balaban J connectivity index is 1.76. The van der Waals surface area contributed by atoms with Crippen molar-refractivity contribution in [1.82, 2.24) is 15.5 Å². The zero-order valence-corrected chi connectivity index (χ0v) is 18.8. The lowest BCUT2D eigenvalue weighted by Crippen LogP contribution is -2.37. The van der Waals surface area contributed by atoms with Crippen molar-refractivity contribution in [3.63, 3.8) is 0 Å². The van der Waals surface area contributed by atoms with E-state index in [4.69, 9.17) is 23.2 Å². The van der Waals surface area contributed by atoms with Crippen LogP contribution in [0.2, 0.25) is 10.0 Å². The summed E-state index contributed by atoms with van der Waals surface area (Å²) in [6.07, 6.45) is 3.21. The van der Waals surface area contributed by atoms with Gasteiger partial charge in [0.25, 0.3) is 0 Å². The number of unbranched alkanes of at least 4 members (excludes halogenated alkanes) is 1. The number of hydrogen-bond acceptors (Lipinski definition) is 2. The first-order chi connectivity index (χ1) is 14.0. The number of amides is 2. The molecule has 1 unspecified atom stereocenters. The first-order valence-corrected chi connectivity index (χ1v) is 11.0. The third-order valence-electron chi connectivity index (χ3n) is 5.00. The van der Waals surface area contributed by atoms with Gasteiger partial charge in [0.15, 0.2) is 0 Å². The largest absolute Gasteiger partial charge is 0.338 e. The summed E-state index contributed by atoms with van der Waals surface area (Å²) in [5, 5.41) is 7.21. The smallest absolute Gasteiger partial charge is 0.315 e. The van der Waals surface area contributed by atoms with Crippen molar-refractivity contribution in [3.8, 4) is 0 Å². The van der Waals surface area contributed by atoms with Gasteiger partial charge in [-0.3, -0.25) is 4.90 Å². The van der Waals surface area contributed by atoms with Crippen LogP contribution in [0.15, 0.2) is 48.5 Å². The number of urea groups is 1. The molecule has 4 nitrogen and oxygen atoms in total. The second kappa shape index (κ2) is 12.7. The highest BCUT2D eigenvalue weighted by Crippen LogP contribution is 2.22. The van der Waals surface area contributed by atoms with Gasteiger partial charge < -0.3 is 10.6 Å². The molecule has 0 spiro atoms. The summed E-state index contributed by atoms with van der Waals surface area (Å²) >= 11 is 12.1. The Morgan fingerprint density at radius 2 is 1.69 bits per heavy atom. The zero-order chi connectivity index (χ0) is 21.1. The minimum atomic E-state index is -0.171. The van der Waals surface area contributed by atoms with E-state index in [9.17, 15) is 4.79 Å². The summed E-state index contributed by atoms with van der Waals surface area (Å²) in [6.45, 7) is 7.44. The minimum absolute atomic E-state index is 0.171. The number of halogens is 2. The van der Waals surface area contributed by atoms with Gasteiger partial charge in [0.1, 0.15) is 0 Å². The molecule has 2 aromatic carbocycles. The van der Waals surface area contributed by atoms with E-state index in [1.807, 2.05) is 36.4 Å². The molecule has 2 aromatic rings. The molecule has 0 saturated heterocycles. The lowest BCUT2D eigenvalue weighted by atomic mass is 10.1. The molecule has 0 aliphatic rings. The lowest BCUT2D eigenvalue weighted by Gasteiger charge is -2.29. The average Bonchev–Trinajstić information content (AvgIpc) is 2.72. The van der Waals surface area contributed by atoms with Crippen LogP contribution in [0.4, 0.5) is 4.79 Å². The van der Waals surface area contributed by atoms with Crippen LogP contribution in [-0.2, 0) is 6.54 Å². The molecule has 0 aromatic heterocycles. The van der Waals surface area contributed by atoms with E-state index in [0.29, 0.717) is 24.2 Å². The summed E-state index contributed by atoms with van der Waals surface area (Å²) in [6, 6.07) is 15.7. The van der Waals surface area contributed by atoms with Gasteiger partial charge in [0.2, 0.25) is 0 Å². The van der Waals surface area contributed by atoms with Crippen LogP contribution in [0, 0.1) is 0 Å². The van der Waals surface area contributed by atoms with E-state index >= 15 is 0 Å². The Hall–Kier alpha value is -1.75. The normalized spacial score (nSPS) is 12.0. The van der Waals surface area contributed by atoms with Gasteiger partial charge in [0, 0.05) is 35.7 Å². The fourth-order valence-corrected chi connectivity index (χ4v) is 3.50. The second-order valence-electron chi connectivity index (χ2n) is 7.17. The maximum Gasteiger partial charge on any atom is 0.315 e. The number of benzene rings is 2. The molecule has 0 fully saturated rings. The molecule has 0 saturated carbocycles. The quantitative estimate of drug-likeness (QED) is 0.422. The summed E-state index contributed by atoms with van der Waals surface area (Å²) in [5.74, 6) is 0. The van der Waals surface area contributed by atoms with E-state index < -0.39 is 0 Å². The number of rotatable bonds is 11. The Bertz CT molecular complexity index is 752. The predicted octanol–water partition coefficient (Wildman–Crippen LogP) is 6.05. The molecule has 1 atom stereocenters. The van der Waals surface area contributed by atoms with Gasteiger partial charge in [0.05, 0.1) is 0 Å². The SMILES string of the molecule is CCCCN(CCCNC(=O)NCc1ccccc1Cl)C(C)c1ccc(Cl)cc1. The highest BCUT2D eigenvalue weighted by Gasteiger charge is 2.15. The molecule has 6 heteroatoms. The number of hydrogen-bond donors (Lipinski definition) is 2. The molecule has 0 bridgehead atoms. The molecular weight excluding hydrogens is 405 g/mol. The monoisotopic (exact) mass is 435 g/mol. The third kappa shape index (κ3) is 8.25. The molecule has 0 heterocycles. The van der Waals surface area contributed by atoms with Crippen molar-refractivity contribution in [2.24, 2.45) is 0 Å². The Labute approximate surface area is 184 Å². The van der Waals surface area contributed by atoms with Crippen LogP contribution in [0.5, 0.6) is 0 Å². The standard InChI is InChI=1S/C23H31Cl2N3O/c1-3-4-15-28(18(2)19-10-12-21(24)13-11-19)16-7-14-26-23(29)27-17-20-8-5-6-9-22(20)25/h5-6,8-13,18H,3-4,7,14-17H2,1-2H3,(H2,26,27,29). The molecule has 2 N–H and O–H groups in total. The maximum atomic E-state index is 12.0. The van der Waals surface area contributed by atoms with Crippen molar-refractivity contribution >= 4 is 29.2 Å². The Kier molecular flexibility index (Phi) is 10.3. The zero-order valence-electron chi connectivity index (χ0n) is 17.3. The number of nitrogens with zero attached hydrogens (tertiary/aromatic N) is 1. The van der Waals surface area contributed by atoms with Gasteiger partial charge in [-0.1, -0.05) is 66.9 Å². The van der Waals surface area contributed by atoms with Gasteiger partial charge in [-0.15, -0.1) is 0 Å². The number of carbonyl (C=O) groups excluding carboxylic acids is 1. The molecule has 158 valence electrons. The number of nitrogens with one attached hydrogen (secondary N) is 2. The average molecular weight is 436 g/mol. The Morgan fingerprint density at radius 3 is 2.38 bits per heavy atom. The topological polar surface area (TPSA) is 44.4 Å². The van der Waals surface area contributed by atoms with Crippen LogP contribution < -0.4 is 10.6 Å². The molecule has 2 rings (SSSR count). The predicted molar refractivity (Wildman–Crippen MR) is 123 cm³/mol. The highest BCUT2D eigenvalue weighted by molar-refractivity contribution is 6.31. The molecular formula is C23H31Cl2N3O. The van der Waals surface area contributed by atoms with E-state index in [0.717, 1.165) is 42.9 Å². The Morgan fingerprint density at radius 1 is 1.00 bits per heavy atom. The van der Waals surface area contributed by atoms with Crippen molar-refractivity contribution in [2.75, 3.05) is 19.6 Å². The molecule has 2 amide bonds. The maximum absolute atomic E-state index is 12.0. The summed E-state index contributed by atoms with van der Waals surface area (Å²) in [7, 11) is 0. The fourth-order valence-electron chi connectivity index (χ4n) is 3.18. The first-order valence-electron chi connectivity index (χ1n) is 10.3. The van der Waals surface area contributed by atoms with E-state index in [2.05, 4.69) is 41.5 Å². The summed E-state index contributed by atoms with van der Waals surface area (Å²) in [5.41, 5.74) is 2.17. The highest BCUT2D eigenvalue weighted by atomic mass is 35.5. The number of carbonyl (C=O) groups is 1. The minimum Gasteiger partial charge on any atom is -0.338 e. The van der Waals surface area contributed by atoms with Crippen LogP contribution in [0.25, 0.3) is 0 Å². The van der Waals surface area contributed by atoms with E-state index in [1.54, 1.807) is 0 Å².